The van der Waals surface area contributed by atoms with E-state index in [9.17, 15) is 27.9 Å². The number of halogens is 2. The van der Waals surface area contributed by atoms with Crippen LogP contribution in [0.2, 0.25) is 0 Å². The van der Waals surface area contributed by atoms with Crippen LogP contribution in [0, 0.1) is 17.8 Å². The van der Waals surface area contributed by atoms with Crippen molar-refractivity contribution >= 4 is 44.6 Å². The second-order valence-corrected chi connectivity index (χ2v) is 19.7. The van der Waals surface area contributed by atoms with Crippen LogP contribution in [0.4, 0.5) is 13.6 Å². The van der Waals surface area contributed by atoms with Gasteiger partial charge in [-0.2, -0.15) is 0 Å². The maximum absolute atomic E-state index is 15.5. The number of benzene rings is 1. The van der Waals surface area contributed by atoms with Crippen molar-refractivity contribution in [3.05, 3.63) is 36.4 Å². The van der Waals surface area contributed by atoms with Crippen LogP contribution >= 0.6 is 0 Å². The molecule has 2 aliphatic carbocycles. The SMILES string of the molecule is CCOc1nnc(O[C@@H]2C[C@H]3C(=O)N[C@]4(C(=O)NS(=O)(=O)C5(C)CC5)C[C@H]4C=CCC[C@H](C)C[C@@H](CC)[C@H](N(C(=O)O)C(C)(C)C(C)(F)F)C(=O)N3C2)c2ccccc12. The number of carbonyl (C=O) groups is 4. The van der Waals surface area contributed by atoms with Gasteiger partial charge in [-0.05, 0) is 90.2 Å². The number of amides is 4. The van der Waals surface area contributed by atoms with Gasteiger partial charge in [-0.25, -0.2) is 22.0 Å². The summed E-state index contributed by atoms with van der Waals surface area (Å²) in [6.07, 6.45) is 3.30. The van der Waals surface area contributed by atoms with Crippen molar-refractivity contribution in [1.82, 2.24) is 30.0 Å². The van der Waals surface area contributed by atoms with Gasteiger partial charge in [-0.3, -0.25) is 24.0 Å². The number of sulfonamides is 1. The largest absolute Gasteiger partial charge is 0.476 e. The van der Waals surface area contributed by atoms with Crippen LogP contribution in [-0.4, -0.2) is 110 Å². The highest BCUT2D eigenvalue weighted by molar-refractivity contribution is 7.91. The minimum Gasteiger partial charge on any atom is -0.476 e. The van der Waals surface area contributed by atoms with Crippen LogP contribution in [0.1, 0.15) is 99.8 Å². The lowest BCUT2D eigenvalue weighted by Gasteiger charge is -2.47. The number of fused-ring (bicyclic) bond motifs is 3. The molecule has 1 saturated heterocycles. The van der Waals surface area contributed by atoms with Crippen molar-refractivity contribution in [3.8, 4) is 11.8 Å². The molecular formula is C41H56F2N6O9S. The molecule has 15 nitrogen and oxygen atoms in total. The summed E-state index contributed by atoms with van der Waals surface area (Å²) in [7, 11) is -4.10. The predicted molar refractivity (Wildman–Crippen MR) is 213 cm³/mol. The molecule has 59 heavy (non-hydrogen) atoms. The smallest absolute Gasteiger partial charge is 0.408 e. The van der Waals surface area contributed by atoms with E-state index < -0.39 is 85.6 Å². The summed E-state index contributed by atoms with van der Waals surface area (Å²) in [5.41, 5.74) is -4.05. The number of nitrogens with zero attached hydrogens (tertiary/aromatic N) is 4. The van der Waals surface area contributed by atoms with Crippen LogP contribution in [0.5, 0.6) is 11.8 Å². The Balaban J connectivity index is 1.44. The molecule has 6 rings (SSSR count). The first-order valence-corrected chi connectivity index (χ1v) is 21.9. The molecule has 3 fully saturated rings. The molecule has 18 heteroatoms. The summed E-state index contributed by atoms with van der Waals surface area (Å²) >= 11 is 0. The first-order chi connectivity index (χ1) is 27.6. The van der Waals surface area contributed by atoms with Gasteiger partial charge in [0.1, 0.15) is 29.3 Å². The van der Waals surface area contributed by atoms with E-state index in [-0.39, 0.29) is 43.5 Å². The Morgan fingerprint density at radius 3 is 2.32 bits per heavy atom. The number of nitrogens with one attached hydrogen (secondary N) is 2. The van der Waals surface area contributed by atoms with Gasteiger partial charge < -0.3 is 24.8 Å². The van der Waals surface area contributed by atoms with Crippen molar-refractivity contribution < 1.29 is 51.0 Å². The average molecular weight is 847 g/mol. The Kier molecular flexibility index (Phi) is 12.0. The molecule has 324 valence electrons. The maximum atomic E-state index is 15.5. The fourth-order valence-corrected chi connectivity index (χ4v) is 9.70. The maximum Gasteiger partial charge on any atom is 0.408 e. The zero-order valence-electron chi connectivity index (χ0n) is 34.7. The summed E-state index contributed by atoms with van der Waals surface area (Å²) in [6, 6.07) is 4.01. The van der Waals surface area contributed by atoms with Gasteiger partial charge >= 0.3 is 6.09 Å². The molecular weight excluding hydrogens is 791 g/mol. The zero-order valence-corrected chi connectivity index (χ0v) is 35.5. The normalized spacial score (nSPS) is 28.7. The van der Waals surface area contributed by atoms with E-state index in [2.05, 4.69) is 20.2 Å². The van der Waals surface area contributed by atoms with Crippen LogP contribution in [0.15, 0.2) is 36.4 Å². The number of aromatic nitrogens is 2. The molecule has 0 bridgehead atoms. The van der Waals surface area contributed by atoms with Crippen molar-refractivity contribution in [1.29, 1.82) is 0 Å². The molecule has 1 aromatic heterocycles. The number of alkyl halides is 2. The quantitative estimate of drug-likeness (QED) is 0.244. The fourth-order valence-electron chi connectivity index (χ4n) is 8.39. The molecule has 2 aliphatic heterocycles. The molecule has 3 heterocycles. The Hall–Kier alpha value is -4.61. The fraction of sp³-hybridized carbons (Fsp3) is 0.659. The number of hydrogen-bond donors (Lipinski definition) is 3. The predicted octanol–water partition coefficient (Wildman–Crippen LogP) is 5.44. The molecule has 4 aliphatic rings. The molecule has 7 atom stereocenters. The molecule has 2 aromatic rings. The van der Waals surface area contributed by atoms with Crippen molar-refractivity contribution in [2.75, 3.05) is 13.2 Å². The zero-order chi connectivity index (χ0) is 43.3. The number of rotatable bonds is 11. The molecule has 4 amide bonds. The Morgan fingerprint density at radius 1 is 1.08 bits per heavy atom. The Bertz CT molecular complexity index is 2110. The molecule has 1 aromatic carbocycles. The highest BCUT2D eigenvalue weighted by Crippen LogP contribution is 2.48. The van der Waals surface area contributed by atoms with E-state index >= 15 is 13.6 Å². The summed E-state index contributed by atoms with van der Waals surface area (Å²) in [6.45, 7) is 9.84. The summed E-state index contributed by atoms with van der Waals surface area (Å²) in [5, 5.41) is 23.1. The lowest BCUT2D eigenvalue weighted by molar-refractivity contribution is -0.157. The van der Waals surface area contributed by atoms with Gasteiger partial charge in [0, 0.05) is 19.3 Å². The van der Waals surface area contributed by atoms with Gasteiger partial charge in [0.15, 0.2) is 0 Å². The number of allylic oxidation sites excluding steroid dienone is 1. The summed E-state index contributed by atoms with van der Waals surface area (Å²) < 4.78 is 70.6. The van der Waals surface area contributed by atoms with Crippen molar-refractivity contribution in [3.63, 3.8) is 0 Å². The first kappa shape index (κ1) is 44.0. The molecule has 0 unspecified atom stereocenters. The third kappa shape index (κ3) is 8.42. The van der Waals surface area contributed by atoms with Crippen molar-refractivity contribution in [2.24, 2.45) is 17.8 Å². The summed E-state index contributed by atoms with van der Waals surface area (Å²) in [4.78, 5) is 58.9. The Morgan fingerprint density at radius 2 is 1.73 bits per heavy atom. The highest BCUT2D eigenvalue weighted by atomic mass is 32.2. The van der Waals surface area contributed by atoms with E-state index in [1.807, 2.05) is 13.0 Å². The average Bonchev–Trinajstić information content (AvgIpc) is 4.04. The topological polar surface area (TPSA) is 197 Å². The molecule has 0 spiro atoms. The van der Waals surface area contributed by atoms with Crippen LogP contribution in [0.25, 0.3) is 10.8 Å². The van der Waals surface area contributed by atoms with E-state index in [0.717, 1.165) is 18.7 Å². The third-order valence-electron chi connectivity index (χ3n) is 12.9. The third-order valence-corrected chi connectivity index (χ3v) is 15.1. The van der Waals surface area contributed by atoms with E-state index in [1.54, 1.807) is 44.2 Å². The van der Waals surface area contributed by atoms with Crippen LogP contribution < -0.4 is 19.5 Å². The second-order valence-electron chi connectivity index (χ2n) is 17.5. The lowest BCUT2D eigenvalue weighted by Crippen LogP contribution is -2.67. The molecule has 3 N–H and O–H groups in total. The van der Waals surface area contributed by atoms with Crippen LogP contribution in [-0.2, 0) is 24.4 Å². The molecule has 2 saturated carbocycles. The van der Waals surface area contributed by atoms with Gasteiger partial charge in [0.2, 0.25) is 33.6 Å². The Labute approximate surface area is 343 Å². The number of hydrogen-bond acceptors (Lipinski definition) is 10. The highest BCUT2D eigenvalue weighted by Gasteiger charge is 2.63. The van der Waals surface area contributed by atoms with E-state index in [4.69, 9.17) is 9.47 Å². The van der Waals surface area contributed by atoms with Gasteiger partial charge in [-0.1, -0.05) is 44.6 Å². The van der Waals surface area contributed by atoms with Gasteiger partial charge in [-0.15, -0.1) is 10.2 Å². The van der Waals surface area contributed by atoms with E-state index in [1.165, 1.54) is 6.92 Å². The standard InChI is InChI=1S/C41H56F2N6O9S/c1-8-25-20-24(3)14-10-11-15-26-22-41(26,36(52)47-59(55,56)39(6)18-19-39)44-32(50)30-21-27(58-34-29-17-13-12-16-28(29)33(45-46-34)57-9-2)23-48(30)35(51)31(25)49(37(53)54)38(4,5)40(7,42)43/h11-13,15-17,24-27,30-31H,8-10,14,18-23H2,1-7H3,(H,44,50)(H,47,52)(H,53,54)/t24-,25+,26+,27+,30-,31-,41+/m0/s1. The minimum atomic E-state index is -4.10. The minimum absolute atomic E-state index is 0.0717. The number of carboxylic acid groups (broad SMARTS) is 1. The second kappa shape index (κ2) is 16.1. The van der Waals surface area contributed by atoms with Crippen molar-refractivity contribution in [2.45, 2.75) is 140 Å². The van der Waals surface area contributed by atoms with Gasteiger partial charge in [0.05, 0.1) is 28.7 Å². The van der Waals surface area contributed by atoms with Gasteiger partial charge in [0.25, 0.3) is 11.8 Å². The number of ether oxygens (including phenoxy) is 2. The number of carbonyl (C=O) groups excluding carboxylic acids is 3. The first-order valence-electron chi connectivity index (χ1n) is 20.4. The summed E-state index contributed by atoms with van der Waals surface area (Å²) in [5.74, 6) is -7.26. The lowest BCUT2D eigenvalue weighted by atomic mass is 9.81. The monoisotopic (exact) mass is 846 g/mol. The molecule has 0 radical (unpaired) electrons. The van der Waals surface area contributed by atoms with E-state index in [0.29, 0.717) is 61.3 Å². The van der Waals surface area contributed by atoms with Crippen LogP contribution in [0.3, 0.4) is 0 Å².